The number of ether oxygens (including phenoxy) is 1. The first-order valence-corrected chi connectivity index (χ1v) is 20.6. The number of nitrogens with one attached hydrogen (secondary N) is 1. The van der Waals surface area contributed by atoms with Crippen molar-refractivity contribution in [3.8, 4) is 11.8 Å². The van der Waals surface area contributed by atoms with Crippen molar-refractivity contribution in [2.45, 2.75) is 63.6 Å². The summed E-state index contributed by atoms with van der Waals surface area (Å²) in [5.74, 6) is -2.13. The van der Waals surface area contributed by atoms with E-state index >= 15 is 0 Å². The predicted molar refractivity (Wildman–Crippen MR) is 213 cm³/mol. The van der Waals surface area contributed by atoms with Gasteiger partial charge in [0.1, 0.15) is 11.8 Å². The summed E-state index contributed by atoms with van der Waals surface area (Å²) in [7, 11) is 0. The Labute approximate surface area is 336 Å². The number of carbonyl (C=O) groups is 5. The lowest BCUT2D eigenvalue weighted by Crippen LogP contribution is -2.48. The number of imide groups is 1. The zero-order valence-electron chi connectivity index (χ0n) is 31.8. The number of fused-ring (bicyclic) bond motifs is 2. The molecule has 2 aliphatic carbocycles. The monoisotopic (exact) mass is 788 g/mol. The first-order valence-electron chi connectivity index (χ1n) is 20.2. The highest BCUT2D eigenvalue weighted by Gasteiger charge is 2.48. The average Bonchev–Trinajstić information content (AvgIpc) is 3.89. The largest absolute Gasteiger partial charge is 0.490 e. The van der Waals surface area contributed by atoms with Crippen LogP contribution >= 0.6 is 11.6 Å². The summed E-state index contributed by atoms with van der Waals surface area (Å²) in [6.07, 6.45) is 4.89. The maximum Gasteiger partial charge on any atom is 0.254 e. The van der Waals surface area contributed by atoms with Crippen LogP contribution in [0.15, 0.2) is 54.6 Å². The molecule has 4 aliphatic heterocycles. The molecule has 3 aromatic rings. The van der Waals surface area contributed by atoms with Gasteiger partial charge in [0.2, 0.25) is 11.8 Å². The molecule has 3 amide bonds. The Morgan fingerprint density at radius 3 is 2.25 bits per heavy atom. The van der Waals surface area contributed by atoms with E-state index in [1.54, 1.807) is 24.3 Å². The SMILES string of the molecule is N#Cc1ccc(O[C@H]2CC[C@H](N3Cc4cc(N5CCN(C[C@@H]6CCN(c7ccc8c(c7)C(=O)C(C7CCC(=O)NC7=O)C8=O)C6)CC5)ccc4C3=O)CC2)cc1Cl. The Bertz CT molecular complexity index is 2200. The normalized spacial score (nSPS) is 26.4. The van der Waals surface area contributed by atoms with Gasteiger partial charge in [-0.05, 0) is 98.5 Å². The third-order valence-corrected chi connectivity index (χ3v) is 13.4. The molecule has 13 heteroatoms. The molecule has 0 aromatic heterocycles. The lowest BCUT2D eigenvalue weighted by atomic mass is 9.82. The van der Waals surface area contributed by atoms with Gasteiger partial charge in [0, 0.05) is 99.0 Å². The number of benzene rings is 3. The van der Waals surface area contributed by atoms with Crippen LogP contribution in [-0.4, -0.2) is 97.0 Å². The predicted octanol–water partition coefficient (Wildman–Crippen LogP) is 5.25. The van der Waals surface area contributed by atoms with Gasteiger partial charge < -0.3 is 19.4 Å². The zero-order valence-corrected chi connectivity index (χ0v) is 32.5. The highest BCUT2D eigenvalue weighted by molar-refractivity contribution is 6.32. The number of piperazine rings is 1. The summed E-state index contributed by atoms with van der Waals surface area (Å²) in [6, 6.07) is 19.2. The van der Waals surface area contributed by atoms with Crippen molar-refractivity contribution in [3.63, 3.8) is 0 Å². The fourth-order valence-electron chi connectivity index (χ4n) is 9.91. The van der Waals surface area contributed by atoms with Gasteiger partial charge in [-0.1, -0.05) is 11.6 Å². The number of hydrogen-bond acceptors (Lipinski definition) is 10. The number of anilines is 2. The first-order chi connectivity index (χ1) is 27.6. The summed E-state index contributed by atoms with van der Waals surface area (Å²) in [5, 5.41) is 11.8. The molecule has 3 atom stereocenters. The van der Waals surface area contributed by atoms with E-state index in [1.165, 1.54) is 0 Å². The van der Waals surface area contributed by atoms with E-state index in [0.717, 1.165) is 100 Å². The van der Waals surface area contributed by atoms with Crippen molar-refractivity contribution in [2.24, 2.45) is 17.8 Å². The first kappa shape index (κ1) is 37.3. The second-order valence-electron chi connectivity index (χ2n) is 16.5. The van der Waals surface area contributed by atoms with E-state index in [1.807, 2.05) is 23.1 Å². The van der Waals surface area contributed by atoms with E-state index in [-0.39, 0.29) is 48.4 Å². The highest BCUT2D eigenvalue weighted by atomic mass is 35.5. The molecule has 4 heterocycles. The summed E-state index contributed by atoms with van der Waals surface area (Å²) >= 11 is 6.20. The van der Waals surface area contributed by atoms with Gasteiger partial charge in [0.15, 0.2) is 11.6 Å². The van der Waals surface area contributed by atoms with Crippen LogP contribution in [0.2, 0.25) is 5.02 Å². The fraction of sp³-hybridized carbons (Fsp3) is 0.455. The molecule has 294 valence electrons. The molecule has 0 spiro atoms. The van der Waals surface area contributed by atoms with Gasteiger partial charge in [0.25, 0.3) is 5.91 Å². The fourth-order valence-corrected chi connectivity index (χ4v) is 10.1. The molecule has 1 N–H and O–H groups in total. The Morgan fingerprint density at radius 2 is 1.51 bits per heavy atom. The van der Waals surface area contributed by atoms with Crippen LogP contribution < -0.4 is 19.9 Å². The number of rotatable bonds is 8. The Balaban J connectivity index is 0.747. The van der Waals surface area contributed by atoms with Crippen LogP contribution in [0.5, 0.6) is 5.75 Å². The van der Waals surface area contributed by atoms with Crippen LogP contribution in [0.25, 0.3) is 0 Å². The Hall–Kier alpha value is -5.25. The van der Waals surface area contributed by atoms with Crippen molar-refractivity contribution in [1.29, 1.82) is 5.26 Å². The van der Waals surface area contributed by atoms with Gasteiger partial charge in [-0.3, -0.25) is 34.2 Å². The molecule has 9 rings (SSSR count). The lowest BCUT2D eigenvalue weighted by Gasteiger charge is -2.37. The standard InChI is InChI=1S/C44H45ClN6O6/c45-38-21-33(6-1-27(38)22-46)57-32-7-2-29(3-8-32)51-25-28-19-30(4-9-34(28)44(51)56)49-17-15-48(16-18-49)23-26-13-14-50(24-26)31-5-10-35-37(20-31)42(54)40(41(35)53)36-11-12-39(52)47-43(36)55/h1,4-6,9-10,19-21,26,29,32,36,40H,2-3,7-8,11-18,23-25H2,(H,47,52,55)/t26-,29-,32-,36?,40?/m0/s1. The number of carbonyl (C=O) groups excluding carboxylic acids is 5. The van der Waals surface area contributed by atoms with Crippen LogP contribution in [0.4, 0.5) is 11.4 Å². The minimum Gasteiger partial charge on any atom is -0.490 e. The molecule has 3 aromatic carbocycles. The summed E-state index contributed by atoms with van der Waals surface area (Å²) in [5.41, 5.74) is 5.18. The van der Waals surface area contributed by atoms with Crippen LogP contribution in [0, 0.1) is 29.1 Å². The summed E-state index contributed by atoms with van der Waals surface area (Å²) in [6.45, 7) is 7.10. The molecule has 57 heavy (non-hydrogen) atoms. The van der Waals surface area contributed by atoms with Gasteiger partial charge in [-0.25, -0.2) is 0 Å². The number of halogens is 1. The molecule has 4 fully saturated rings. The average molecular weight is 789 g/mol. The lowest BCUT2D eigenvalue weighted by molar-refractivity contribution is -0.137. The third-order valence-electron chi connectivity index (χ3n) is 13.1. The molecule has 0 radical (unpaired) electrons. The van der Waals surface area contributed by atoms with Crippen molar-refractivity contribution < 1.29 is 28.7 Å². The Morgan fingerprint density at radius 1 is 0.772 bits per heavy atom. The maximum atomic E-state index is 13.5. The van der Waals surface area contributed by atoms with Gasteiger partial charge in [0.05, 0.1) is 28.5 Å². The number of nitriles is 1. The zero-order chi connectivity index (χ0) is 39.4. The second-order valence-corrected chi connectivity index (χ2v) is 16.9. The van der Waals surface area contributed by atoms with Crippen molar-refractivity contribution >= 4 is 52.3 Å². The highest BCUT2D eigenvalue weighted by Crippen LogP contribution is 2.39. The minimum atomic E-state index is -1.05. The third kappa shape index (κ3) is 7.16. The van der Waals surface area contributed by atoms with E-state index in [4.69, 9.17) is 21.6 Å². The van der Waals surface area contributed by atoms with Crippen molar-refractivity contribution in [2.75, 3.05) is 55.6 Å². The molecule has 0 bridgehead atoms. The quantitative estimate of drug-likeness (QED) is 0.238. The van der Waals surface area contributed by atoms with Gasteiger partial charge in [-0.15, -0.1) is 0 Å². The Kier molecular flexibility index (Phi) is 9.99. The number of piperidine rings is 1. The van der Waals surface area contributed by atoms with Gasteiger partial charge in [-0.2, -0.15) is 5.26 Å². The molecular formula is C44H45ClN6O6. The molecule has 2 unspecified atom stereocenters. The number of ketones is 2. The molecular weight excluding hydrogens is 744 g/mol. The van der Waals surface area contributed by atoms with E-state index < -0.39 is 17.7 Å². The molecule has 1 saturated carbocycles. The van der Waals surface area contributed by atoms with Crippen molar-refractivity contribution in [3.05, 3.63) is 87.4 Å². The van der Waals surface area contributed by atoms with E-state index in [9.17, 15) is 24.0 Å². The number of amides is 3. The molecule has 12 nitrogen and oxygen atoms in total. The topological polar surface area (TPSA) is 143 Å². The van der Waals surface area contributed by atoms with Crippen LogP contribution in [0.3, 0.4) is 0 Å². The number of hydrogen-bond donors (Lipinski definition) is 1. The van der Waals surface area contributed by atoms with Crippen LogP contribution in [0.1, 0.15) is 87.1 Å². The van der Waals surface area contributed by atoms with E-state index in [2.05, 4.69) is 38.2 Å². The van der Waals surface area contributed by atoms with E-state index in [0.29, 0.717) is 39.9 Å². The van der Waals surface area contributed by atoms with Gasteiger partial charge >= 0.3 is 0 Å². The number of nitrogens with zero attached hydrogens (tertiary/aromatic N) is 5. The van der Waals surface area contributed by atoms with Crippen molar-refractivity contribution in [1.82, 2.24) is 15.1 Å². The molecule has 3 saturated heterocycles. The maximum absolute atomic E-state index is 13.5. The smallest absolute Gasteiger partial charge is 0.254 e. The summed E-state index contributed by atoms with van der Waals surface area (Å²) < 4.78 is 6.18. The van der Waals surface area contributed by atoms with Crippen LogP contribution in [-0.2, 0) is 16.1 Å². The minimum absolute atomic E-state index is 0.0519. The summed E-state index contributed by atoms with van der Waals surface area (Å²) in [4.78, 5) is 73.6. The second kappa shape index (κ2) is 15.3. The number of Topliss-reactive ketones (excluding diaryl/α,β-unsaturated/α-hetero) is 2. The molecule has 6 aliphatic rings.